The van der Waals surface area contributed by atoms with Crippen molar-refractivity contribution < 1.29 is 4.79 Å². The van der Waals surface area contributed by atoms with E-state index in [4.69, 9.17) is 5.53 Å². The van der Waals surface area contributed by atoms with Gasteiger partial charge in [-0.1, -0.05) is 40.2 Å². The second kappa shape index (κ2) is 3.84. The summed E-state index contributed by atoms with van der Waals surface area (Å²) >= 11 is 3.53. The van der Waals surface area contributed by atoms with Gasteiger partial charge in [0.1, 0.15) is 4.32 Å². The van der Waals surface area contributed by atoms with Gasteiger partial charge in [0, 0.05) is 10.3 Å². The first-order valence-corrected chi connectivity index (χ1v) is 6.80. The van der Waals surface area contributed by atoms with Crippen molar-refractivity contribution in [2.24, 2.45) is 5.11 Å². The smallest absolute Gasteiger partial charge is 0.236 e. The summed E-state index contributed by atoms with van der Waals surface area (Å²) in [6, 6.07) is 8.27. The average molecular weight is 306 g/mol. The number of fused-ring (bicyclic) bond motifs is 2. The van der Waals surface area contributed by atoms with Crippen LogP contribution < -0.4 is 0 Å². The molecule has 1 aromatic carbocycles. The van der Waals surface area contributed by atoms with Crippen molar-refractivity contribution in [2.45, 2.75) is 35.4 Å². The van der Waals surface area contributed by atoms with E-state index in [2.05, 4.69) is 38.1 Å². The Morgan fingerprint density at radius 1 is 1.44 bits per heavy atom. The van der Waals surface area contributed by atoms with Crippen molar-refractivity contribution in [3.05, 3.63) is 45.8 Å². The summed E-state index contributed by atoms with van der Waals surface area (Å²) in [5.41, 5.74) is 10.8. The zero-order valence-electron chi connectivity index (χ0n) is 9.77. The highest BCUT2D eigenvalue weighted by molar-refractivity contribution is 9.10. The summed E-state index contributed by atoms with van der Waals surface area (Å²) in [5, 5.41) is 3.28. The normalized spacial score (nSPS) is 32.5. The number of halogens is 1. The highest BCUT2D eigenvalue weighted by Crippen LogP contribution is 2.68. The molecule has 2 aliphatic carbocycles. The van der Waals surface area contributed by atoms with E-state index in [9.17, 15) is 4.79 Å². The molecule has 0 bridgehead atoms. The number of alkyl halides is 1. The summed E-state index contributed by atoms with van der Waals surface area (Å²) in [5.74, 6) is -0.387. The van der Waals surface area contributed by atoms with Crippen LogP contribution in [0.4, 0.5) is 0 Å². The van der Waals surface area contributed by atoms with Crippen molar-refractivity contribution in [1.29, 1.82) is 0 Å². The molecule has 2 aliphatic rings. The number of nitrogens with zero attached hydrogens (tertiary/aromatic N) is 3. The van der Waals surface area contributed by atoms with Crippen LogP contribution in [0.15, 0.2) is 29.4 Å². The molecule has 0 N–H and O–H groups in total. The van der Waals surface area contributed by atoms with Crippen molar-refractivity contribution in [3.63, 3.8) is 0 Å². The number of azide groups is 1. The molecule has 0 aliphatic heterocycles. The summed E-state index contributed by atoms with van der Waals surface area (Å²) in [6.07, 6.45) is 3.85. The van der Waals surface area contributed by atoms with E-state index in [0.717, 1.165) is 25.7 Å². The summed E-state index contributed by atoms with van der Waals surface area (Å²) < 4.78 is -0.678. The van der Waals surface area contributed by atoms with Gasteiger partial charge in [-0.15, -0.1) is 0 Å². The predicted molar refractivity (Wildman–Crippen MR) is 71.5 cm³/mol. The Morgan fingerprint density at radius 2 is 2.22 bits per heavy atom. The SMILES string of the molecule is [N-]=[N+]=NC(=O)C1(Br)CC12CCCc1ccccc12. The van der Waals surface area contributed by atoms with Crippen molar-refractivity contribution in [1.82, 2.24) is 0 Å². The van der Waals surface area contributed by atoms with Gasteiger partial charge in [0.2, 0.25) is 5.91 Å². The molecule has 5 heteroatoms. The van der Waals surface area contributed by atoms with Gasteiger partial charge in [0.05, 0.1) is 0 Å². The van der Waals surface area contributed by atoms with Gasteiger partial charge in [-0.25, -0.2) is 0 Å². The van der Waals surface area contributed by atoms with Crippen LogP contribution in [0.3, 0.4) is 0 Å². The van der Waals surface area contributed by atoms with E-state index in [1.165, 1.54) is 11.1 Å². The molecule has 0 aromatic heterocycles. The lowest BCUT2D eigenvalue weighted by atomic mass is 9.78. The lowest BCUT2D eigenvalue weighted by molar-refractivity contribution is -0.118. The summed E-state index contributed by atoms with van der Waals surface area (Å²) in [7, 11) is 0. The Bertz CT molecular complexity index is 581. The Labute approximate surface area is 113 Å². The van der Waals surface area contributed by atoms with Crippen LogP contribution in [0.5, 0.6) is 0 Å². The third-order valence-corrected chi connectivity index (χ3v) is 5.61. The van der Waals surface area contributed by atoms with Crippen LogP contribution in [0.25, 0.3) is 10.4 Å². The van der Waals surface area contributed by atoms with Gasteiger partial charge < -0.3 is 0 Å². The lowest BCUT2D eigenvalue weighted by Gasteiger charge is -2.28. The first-order chi connectivity index (χ1) is 8.64. The second-order valence-corrected chi connectivity index (χ2v) is 6.42. The molecule has 2 unspecified atom stereocenters. The minimum absolute atomic E-state index is 0.160. The maximum atomic E-state index is 11.9. The highest BCUT2D eigenvalue weighted by atomic mass is 79.9. The van der Waals surface area contributed by atoms with E-state index in [1.807, 2.05) is 12.1 Å². The first kappa shape index (κ1) is 11.8. The number of carbonyl (C=O) groups excluding carboxylic acids is 1. The Kier molecular flexibility index (Phi) is 2.50. The number of rotatable bonds is 1. The van der Waals surface area contributed by atoms with Crippen LogP contribution in [-0.2, 0) is 16.6 Å². The van der Waals surface area contributed by atoms with Crippen molar-refractivity contribution in [3.8, 4) is 0 Å². The predicted octanol–water partition coefficient (Wildman–Crippen LogP) is 3.64. The number of benzene rings is 1. The standard InChI is InChI=1S/C13H12BrN3O/c14-13(11(18)16-17-15)8-12(13)7-3-5-9-4-1-2-6-10(9)12/h1-2,4,6H,3,5,7-8H2. The zero-order chi connectivity index (χ0) is 12.8. The quantitative estimate of drug-likeness (QED) is 0.338. The molecular weight excluding hydrogens is 294 g/mol. The fraction of sp³-hybridized carbons (Fsp3) is 0.462. The largest absolute Gasteiger partial charge is 0.291 e. The third-order valence-electron chi connectivity index (χ3n) is 4.24. The van der Waals surface area contributed by atoms with Gasteiger partial charge in [0.25, 0.3) is 0 Å². The zero-order valence-corrected chi connectivity index (χ0v) is 11.4. The molecular formula is C13H12BrN3O. The van der Waals surface area contributed by atoms with Crippen LogP contribution in [0, 0.1) is 0 Å². The summed E-state index contributed by atoms with van der Waals surface area (Å²) in [6.45, 7) is 0. The molecule has 1 fully saturated rings. The van der Waals surface area contributed by atoms with E-state index < -0.39 is 4.32 Å². The first-order valence-electron chi connectivity index (χ1n) is 6.01. The Hall–Kier alpha value is -1.32. The molecule has 0 radical (unpaired) electrons. The van der Waals surface area contributed by atoms with Crippen LogP contribution in [-0.4, -0.2) is 10.2 Å². The monoisotopic (exact) mass is 305 g/mol. The molecule has 1 aromatic rings. The average Bonchev–Trinajstić information content (AvgIpc) is 2.98. The fourth-order valence-corrected chi connectivity index (χ4v) is 4.26. The van der Waals surface area contributed by atoms with Gasteiger partial charge in [-0.2, -0.15) is 0 Å². The van der Waals surface area contributed by atoms with Crippen LogP contribution >= 0.6 is 15.9 Å². The third kappa shape index (κ3) is 1.38. The Balaban J connectivity index is 2.06. The van der Waals surface area contributed by atoms with Gasteiger partial charge in [-0.05, 0) is 47.5 Å². The van der Waals surface area contributed by atoms with Crippen LogP contribution in [0.2, 0.25) is 0 Å². The van der Waals surface area contributed by atoms with Gasteiger partial charge in [0.15, 0.2) is 0 Å². The van der Waals surface area contributed by atoms with Gasteiger partial charge >= 0.3 is 0 Å². The minimum Gasteiger partial charge on any atom is -0.291 e. The maximum absolute atomic E-state index is 11.9. The number of amides is 1. The van der Waals surface area contributed by atoms with E-state index >= 15 is 0 Å². The molecule has 92 valence electrons. The topological polar surface area (TPSA) is 65.8 Å². The molecule has 0 heterocycles. The van der Waals surface area contributed by atoms with Crippen molar-refractivity contribution in [2.75, 3.05) is 0 Å². The van der Waals surface area contributed by atoms with E-state index in [0.29, 0.717) is 0 Å². The molecule has 3 rings (SSSR count). The van der Waals surface area contributed by atoms with Crippen LogP contribution in [0.1, 0.15) is 30.4 Å². The number of hydrogen-bond donors (Lipinski definition) is 0. The lowest BCUT2D eigenvalue weighted by Crippen LogP contribution is -2.29. The van der Waals surface area contributed by atoms with E-state index in [-0.39, 0.29) is 11.3 Å². The second-order valence-electron chi connectivity index (χ2n) is 5.07. The fourth-order valence-electron chi connectivity index (χ4n) is 3.29. The highest BCUT2D eigenvalue weighted by Gasteiger charge is 2.71. The number of hydrogen-bond acceptors (Lipinski definition) is 1. The Morgan fingerprint density at radius 3 is 3.00 bits per heavy atom. The van der Waals surface area contributed by atoms with Crippen molar-refractivity contribution >= 4 is 21.8 Å². The molecule has 0 saturated heterocycles. The molecule has 2 atom stereocenters. The molecule has 4 nitrogen and oxygen atoms in total. The minimum atomic E-state index is -0.678. The maximum Gasteiger partial charge on any atom is 0.236 e. The molecule has 1 spiro atoms. The van der Waals surface area contributed by atoms with E-state index in [1.54, 1.807) is 0 Å². The molecule has 18 heavy (non-hydrogen) atoms. The number of carbonyl (C=O) groups is 1. The molecule has 1 saturated carbocycles. The molecule has 1 amide bonds. The number of aryl methyl sites for hydroxylation is 1. The summed E-state index contributed by atoms with van der Waals surface area (Å²) in [4.78, 5) is 14.6. The van der Waals surface area contributed by atoms with Gasteiger partial charge in [-0.3, -0.25) is 4.79 Å².